The molecule has 1 aliphatic heterocycles. The second kappa shape index (κ2) is 12.3. The van der Waals surface area contributed by atoms with Crippen LogP contribution in [0.4, 0.5) is 0 Å². The summed E-state index contributed by atoms with van der Waals surface area (Å²) in [5.41, 5.74) is 3.81. The Balaban J connectivity index is 2.34. The van der Waals surface area contributed by atoms with Crippen molar-refractivity contribution in [2.24, 2.45) is 0 Å². The van der Waals surface area contributed by atoms with Crippen LogP contribution in [0.3, 0.4) is 0 Å². The molecule has 1 unspecified atom stereocenters. The first-order valence-electron chi connectivity index (χ1n) is 11.6. The molecule has 2 rings (SSSR count). The molecule has 1 N–H and O–H groups in total. The molecule has 0 saturated carbocycles. The normalized spacial score (nSPS) is 18.6. The van der Waals surface area contributed by atoms with Crippen LogP contribution >= 0.6 is 0 Å². The minimum atomic E-state index is -0.999. The van der Waals surface area contributed by atoms with E-state index in [0.717, 1.165) is 46.6 Å². The maximum atomic E-state index is 12.8. The van der Waals surface area contributed by atoms with E-state index >= 15 is 0 Å². The molecule has 1 aromatic carbocycles. The van der Waals surface area contributed by atoms with E-state index in [1.165, 1.54) is 25.3 Å². The van der Waals surface area contributed by atoms with Crippen molar-refractivity contribution >= 4 is 22.7 Å². The number of hydrogen-bond donors (Lipinski definition) is 1. The van der Waals surface area contributed by atoms with Gasteiger partial charge in [-0.2, -0.15) is 0 Å². The van der Waals surface area contributed by atoms with Gasteiger partial charge in [-0.05, 0) is 54.1 Å². The molecule has 0 fully saturated rings. The van der Waals surface area contributed by atoms with Crippen LogP contribution in [0.1, 0.15) is 84.3 Å². The predicted molar refractivity (Wildman–Crippen MR) is 134 cm³/mol. The van der Waals surface area contributed by atoms with Gasteiger partial charge < -0.3 is 14.4 Å². The fourth-order valence-corrected chi connectivity index (χ4v) is 5.60. The minimum absolute atomic E-state index is 0.0341. The fraction of sp³-hybridized carbons (Fsp3) is 0.519. The fourth-order valence-electron chi connectivity index (χ4n) is 3.86. The van der Waals surface area contributed by atoms with Crippen molar-refractivity contribution in [1.29, 1.82) is 0 Å². The average molecular weight is 459 g/mol. The van der Waals surface area contributed by atoms with Crippen LogP contribution in [0.5, 0.6) is 5.75 Å². The summed E-state index contributed by atoms with van der Waals surface area (Å²) >= 11 is -0.999. The number of fused-ring (bicyclic) bond motifs is 1. The van der Waals surface area contributed by atoms with Gasteiger partial charge in [-0.25, -0.2) is 4.79 Å². The lowest BCUT2D eigenvalue weighted by Gasteiger charge is -2.33. The van der Waals surface area contributed by atoms with E-state index in [4.69, 9.17) is 9.84 Å². The number of carboxylic acid groups (broad SMARTS) is 1. The molecule has 176 valence electrons. The number of carbonyl (C=O) groups is 1. The Bertz CT molecular complexity index is 880. The molecule has 0 aliphatic carbocycles. The molecule has 4 nitrogen and oxygen atoms in total. The van der Waals surface area contributed by atoms with Crippen LogP contribution < -0.4 is 4.74 Å². The van der Waals surface area contributed by atoms with Crippen molar-refractivity contribution < 1.29 is 19.2 Å². The summed E-state index contributed by atoms with van der Waals surface area (Å²) in [4.78, 5) is 11.7. The predicted octanol–water partition coefficient (Wildman–Crippen LogP) is 6.82. The van der Waals surface area contributed by atoms with Gasteiger partial charge in [0.2, 0.25) is 0 Å². The first kappa shape index (κ1) is 26.3. The Morgan fingerprint density at radius 3 is 2.62 bits per heavy atom. The number of allylic oxidation sites excluding steroid dienone is 5. The number of rotatable bonds is 11. The minimum Gasteiger partial charge on any atom is -0.611 e. The van der Waals surface area contributed by atoms with Gasteiger partial charge in [-0.15, -0.1) is 0 Å². The number of carboxylic acids is 1. The SMILES string of the molecule is CCCCCCCOc1cc2c(cc1C(C)=CC=CC(C)=CC(=O)O)C(C)(C)CC[S+]2[O-]. The van der Waals surface area contributed by atoms with Crippen LogP contribution in [-0.2, 0) is 21.4 Å². The van der Waals surface area contributed by atoms with Gasteiger partial charge in [-0.1, -0.05) is 64.7 Å². The lowest BCUT2D eigenvalue weighted by atomic mass is 9.80. The van der Waals surface area contributed by atoms with Crippen molar-refractivity contribution in [3.05, 3.63) is 53.1 Å². The Hall–Kier alpha value is -1.98. The summed E-state index contributed by atoms with van der Waals surface area (Å²) in [5.74, 6) is 0.514. The van der Waals surface area contributed by atoms with Crippen molar-refractivity contribution in [3.63, 3.8) is 0 Å². The van der Waals surface area contributed by atoms with Crippen molar-refractivity contribution in [1.82, 2.24) is 0 Å². The highest BCUT2D eigenvalue weighted by atomic mass is 32.2. The molecule has 5 heteroatoms. The van der Waals surface area contributed by atoms with Crippen LogP contribution in [0.25, 0.3) is 5.57 Å². The van der Waals surface area contributed by atoms with Crippen molar-refractivity contribution in [2.75, 3.05) is 12.4 Å². The maximum absolute atomic E-state index is 12.8. The molecule has 1 atom stereocenters. The molecule has 0 spiro atoms. The van der Waals surface area contributed by atoms with E-state index in [-0.39, 0.29) is 5.41 Å². The molecule has 0 radical (unpaired) electrons. The Morgan fingerprint density at radius 1 is 1.22 bits per heavy atom. The highest BCUT2D eigenvalue weighted by Gasteiger charge is 2.36. The number of aliphatic carboxylic acids is 1. The zero-order valence-electron chi connectivity index (χ0n) is 20.2. The Labute approximate surface area is 196 Å². The average Bonchev–Trinajstić information content (AvgIpc) is 2.72. The second-order valence-electron chi connectivity index (χ2n) is 9.23. The van der Waals surface area contributed by atoms with Crippen molar-refractivity contribution in [3.8, 4) is 5.75 Å². The number of ether oxygens (including phenoxy) is 1. The molecular formula is C27H38O4S. The third-order valence-electron chi connectivity index (χ3n) is 5.96. The maximum Gasteiger partial charge on any atom is 0.328 e. The third-order valence-corrected chi connectivity index (χ3v) is 7.36. The van der Waals surface area contributed by atoms with Crippen LogP contribution in [0.2, 0.25) is 0 Å². The third kappa shape index (κ3) is 7.56. The number of unbranched alkanes of at least 4 members (excludes halogenated alkanes) is 4. The molecule has 1 heterocycles. The van der Waals surface area contributed by atoms with Gasteiger partial charge in [-0.3, -0.25) is 0 Å². The summed E-state index contributed by atoms with van der Waals surface area (Å²) in [6.45, 7) is 11.1. The first-order valence-corrected chi connectivity index (χ1v) is 12.9. The highest BCUT2D eigenvalue weighted by Crippen LogP contribution is 2.43. The summed E-state index contributed by atoms with van der Waals surface area (Å²) < 4.78 is 19.0. The van der Waals surface area contributed by atoms with Crippen molar-refractivity contribution in [2.45, 2.75) is 83.5 Å². The lowest BCUT2D eigenvalue weighted by Crippen LogP contribution is -2.30. The van der Waals surface area contributed by atoms with Gasteiger partial charge in [0, 0.05) is 29.7 Å². The lowest BCUT2D eigenvalue weighted by molar-refractivity contribution is -0.131. The van der Waals surface area contributed by atoms with E-state index in [9.17, 15) is 9.35 Å². The van der Waals surface area contributed by atoms with Crippen LogP contribution in [0.15, 0.2) is 46.9 Å². The molecule has 0 saturated heterocycles. The summed E-state index contributed by atoms with van der Waals surface area (Å²) in [6.07, 6.45) is 13.6. The molecule has 0 aromatic heterocycles. The van der Waals surface area contributed by atoms with Crippen LogP contribution in [-0.4, -0.2) is 28.0 Å². The summed E-state index contributed by atoms with van der Waals surface area (Å²) in [5, 5.41) is 8.87. The zero-order valence-corrected chi connectivity index (χ0v) is 21.0. The molecule has 0 amide bonds. The van der Waals surface area contributed by atoms with Gasteiger partial charge in [0.05, 0.1) is 6.61 Å². The summed E-state index contributed by atoms with van der Waals surface area (Å²) in [7, 11) is 0. The number of benzene rings is 1. The second-order valence-corrected chi connectivity index (χ2v) is 10.8. The zero-order chi connectivity index (χ0) is 23.7. The topological polar surface area (TPSA) is 69.6 Å². The van der Waals surface area contributed by atoms with E-state index in [1.54, 1.807) is 13.0 Å². The van der Waals surface area contributed by atoms with E-state index < -0.39 is 17.1 Å². The smallest absolute Gasteiger partial charge is 0.328 e. The van der Waals surface area contributed by atoms with Gasteiger partial charge in [0.15, 0.2) is 4.90 Å². The quantitative estimate of drug-likeness (QED) is 0.171. The molecule has 0 bridgehead atoms. The van der Waals surface area contributed by atoms with Crippen LogP contribution in [0, 0.1) is 0 Å². The van der Waals surface area contributed by atoms with E-state index in [2.05, 4.69) is 26.8 Å². The first-order chi connectivity index (χ1) is 15.2. The Kier molecular flexibility index (Phi) is 10.1. The molecule has 1 aromatic rings. The number of hydrogen-bond acceptors (Lipinski definition) is 3. The molecule has 32 heavy (non-hydrogen) atoms. The largest absolute Gasteiger partial charge is 0.611 e. The molecule has 1 aliphatic rings. The Morgan fingerprint density at radius 2 is 1.94 bits per heavy atom. The molecular weight excluding hydrogens is 420 g/mol. The monoisotopic (exact) mass is 458 g/mol. The van der Waals surface area contributed by atoms with Gasteiger partial charge >= 0.3 is 5.97 Å². The van der Waals surface area contributed by atoms with E-state index in [0.29, 0.717) is 17.9 Å². The van der Waals surface area contributed by atoms with Gasteiger partial charge in [0.25, 0.3) is 0 Å². The van der Waals surface area contributed by atoms with E-state index in [1.807, 2.05) is 25.1 Å². The standard InChI is InChI=1S/C27H38O4S/c1-6-7-8-9-10-15-31-24-19-25-23(27(4,5)14-16-32(25)30)18-22(24)21(3)13-11-12-20(2)17-26(28)29/h11-13,17-19H,6-10,14-16H2,1-5H3,(H,28,29). The van der Waals surface area contributed by atoms with Gasteiger partial charge in [0.1, 0.15) is 11.5 Å². The highest BCUT2D eigenvalue weighted by molar-refractivity contribution is 7.91. The summed E-state index contributed by atoms with van der Waals surface area (Å²) in [6, 6.07) is 4.14.